The molecule has 0 aliphatic rings. The molecule has 102 valence electrons. The summed E-state index contributed by atoms with van der Waals surface area (Å²) in [5.41, 5.74) is 0.217. The van der Waals surface area contributed by atoms with Crippen LogP contribution in [0.2, 0.25) is 0 Å². The van der Waals surface area contributed by atoms with Crippen molar-refractivity contribution in [3.8, 4) is 5.75 Å². The molecule has 0 amide bonds. The molecule has 0 atom stereocenters. The van der Waals surface area contributed by atoms with Crippen molar-refractivity contribution >= 4 is 11.8 Å². The quantitative estimate of drug-likeness (QED) is 0.597. The molecule has 0 radical (unpaired) electrons. The summed E-state index contributed by atoms with van der Waals surface area (Å²) >= 11 is 1.75. The van der Waals surface area contributed by atoms with Gasteiger partial charge in [0.25, 0.3) is 0 Å². The molecule has 0 unspecified atom stereocenters. The zero-order valence-electron chi connectivity index (χ0n) is 12.0. The van der Waals surface area contributed by atoms with Crippen LogP contribution in [0.4, 0.5) is 0 Å². The van der Waals surface area contributed by atoms with Crippen LogP contribution in [0.25, 0.3) is 0 Å². The van der Waals surface area contributed by atoms with Gasteiger partial charge >= 0.3 is 0 Å². The number of ether oxygens (including phenoxy) is 1. The Morgan fingerprint density at radius 3 is 2.33 bits per heavy atom. The van der Waals surface area contributed by atoms with Crippen molar-refractivity contribution in [1.82, 2.24) is 5.32 Å². The van der Waals surface area contributed by atoms with E-state index in [-0.39, 0.29) is 5.54 Å². The van der Waals surface area contributed by atoms with Crippen LogP contribution in [0.3, 0.4) is 0 Å². The lowest BCUT2D eigenvalue weighted by Gasteiger charge is -2.20. The van der Waals surface area contributed by atoms with Gasteiger partial charge in [0.15, 0.2) is 0 Å². The van der Waals surface area contributed by atoms with Crippen LogP contribution in [0, 0.1) is 0 Å². The van der Waals surface area contributed by atoms with E-state index in [9.17, 15) is 0 Å². The molecular weight excluding hydrogens is 242 g/mol. The van der Waals surface area contributed by atoms with Crippen molar-refractivity contribution in [2.75, 3.05) is 19.4 Å². The van der Waals surface area contributed by atoms with Gasteiger partial charge in [-0.1, -0.05) is 0 Å². The second-order valence-corrected chi connectivity index (χ2v) is 6.29. The van der Waals surface area contributed by atoms with Crippen molar-refractivity contribution in [3.63, 3.8) is 0 Å². The zero-order valence-corrected chi connectivity index (χ0v) is 12.8. The Balaban J connectivity index is 2.10. The Labute approximate surface area is 116 Å². The van der Waals surface area contributed by atoms with Gasteiger partial charge in [-0.15, -0.1) is 11.8 Å². The van der Waals surface area contributed by atoms with E-state index in [0.717, 1.165) is 31.7 Å². The highest BCUT2D eigenvalue weighted by Gasteiger charge is 2.06. The van der Waals surface area contributed by atoms with E-state index in [4.69, 9.17) is 4.74 Å². The average Bonchev–Trinajstić information content (AvgIpc) is 2.33. The summed E-state index contributed by atoms with van der Waals surface area (Å²) < 4.78 is 5.70. The van der Waals surface area contributed by atoms with Crippen molar-refractivity contribution in [2.24, 2.45) is 0 Å². The Bertz CT molecular complexity index is 329. The lowest BCUT2D eigenvalue weighted by atomic mass is 10.1. The minimum atomic E-state index is 0.217. The fourth-order valence-electron chi connectivity index (χ4n) is 1.55. The van der Waals surface area contributed by atoms with Crippen LogP contribution >= 0.6 is 11.8 Å². The topological polar surface area (TPSA) is 21.3 Å². The molecule has 0 saturated heterocycles. The van der Waals surface area contributed by atoms with Crippen LogP contribution in [-0.4, -0.2) is 24.9 Å². The lowest BCUT2D eigenvalue weighted by Crippen LogP contribution is -2.36. The molecule has 0 aromatic heterocycles. The van der Waals surface area contributed by atoms with Crippen molar-refractivity contribution in [2.45, 2.75) is 44.0 Å². The molecule has 18 heavy (non-hydrogen) atoms. The highest BCUT2D eigenvalue weighted by molar-refractivity contribution is 7.98. The number of benzene rings is 1. The second kappa shape index (κ2) is 7.70. The van der Waals surface area contributed by atoms with Crippen LogP contribution in [0.15, 0.2) is 29.2 Å². The van der Waals surface area contributed by atoms with Crippen molar-refractivity contribution in [1.29, 1.82) is 0 Å². The van der Waals surface area contributed by atoms with E-state index >= 15 is 0 Å². The first-order valence-electron chi connectivity index (χ1n) is 6.53. The molecule has 0 aliphatic heterocycles. The van der Waals surface area contributed by atoms with E-state index in [1.165, 1.54) is 4.90 Å². The maximum absolute atomic E-state index is 5.70. The first-order valence-corrected chi connectivity index (χ1v) is 7.75. The van der Waals surface area contributed by atoms with Gasteiger partial charge in [0.2, 0.25) is 0 Å². The van der Waals surface area contributed by atoms with Crippen LogP contribution in [0.1, 0.15) is 33.6 Å². The molecule has 1 rings (SSSR count). The predicted molar refractivity (Wildman–Crippen MR) is 80.7 cm³/mol. The summed E-state index contributed by atoms with van der Waals surface area (Å²) in [4.78, 5) is 1.27. The third-order valence-electron chi connectivity index (χ3n) is 2.55. The molecule has 1 aromatic carbocycles. The van der Waals surface area contributed by atoms with E-state index in [1.54, 1.807) is 11.8 Å². The van der Waals surface area contributed by atoms with Gasteiger partial charge in [-0.05, 0) is 70.7 Å². The average molecular weight is 267 g/mol. The molecule has 2 nitrogen and oxygen atoms in total. The van der Waals surface area contributed by atoms with Crippen molar-refractivity contribution in [3.05, 3.63) is 24.3 Å². The molecule has 0 saturated carbocycles. The number of rotatable bonds is 7. The first kappa shape index (κ1) is 15.4. The highest BCUT2D eigenvalue weighted by atomic mass is 32.2. The second-order valence-electron chi connectivity index (χ2n) is 5.41. The number of unbranched alkanes of at least 4 members (excludes halogenated alkanes) is 1. The normalized spacial score (nSPS) is 11.6. The number of nitrogens with one attached hydrogen (secondary N) is 1. The molecular formula is C15H25NOS. The first-order chi connectivity index (χ1) is 8.51. The summed E-state index contributed by atoms with van der Waals surface area (Å²) in [5, 5.41) is 3.48. The van der Waals surface area contributed by atoms with Gasteiger partial charge in [-0.2, -0.15) is 0 Å². The summed E-state index contributed by atoms with van der Waals surface area (Å²) in [6.07, 6.45) is 4.33. The molecule has 0 heterocycles. The van der Waals surface area contributed by atoms with Crippen molar-refractivity contribution < 1.29 is 4.74 Å². The molecule has 3 heteroatoms. The smallest absolute Gasteiger partial charge is 0.119 e. The number of thioether (sulfide) groups is 1. The van der Waals surface area contributed by atoms with E-state index in [1.807, 2.05) is 12.1 Å². The zero-order chi connectivity index (χ0) is 13.4. The Morgan fingerprint density at radius 2 is 1.78 bits per heavy atom. The van der Waals surface area contributed by atoms with E-state index in [0.29, 0.717) is 0 Å². The van der Waals surface area contributed by atoms with Crippen LogP contribution in [-0.2, 0) is 0 Å². The standard InChI is InChI=1S/C15H25NOS/c1-15(2,3)16-11-5-6-12-17-13-7-9-14(18-4)10-8-13/h7-10,16H,5-6,11-12H2,1-4H3. The van der Waals surface area contributed by atoms with Gasteiger partial charge in [-0.3, -0.25) is 0 Å². The van der Waals surface area contributed by atoms with E-state index in [2.05, 4.69) is 44.5 Å². The number of hydrogen-bond acceptors (Lipinski definition) is 3. The fourth-order valence-corrected chi connectivity index (χ4v) is 1.96. The minimum Gasteiger partial charge on any atom is -0.494 e. The number of hydrogen-bond donors (Lipinski definition) is 1. The molecule has 1 aromatic rings. The Morgan fingerprint density at radius 1 is 1.11 bits per heavy atom. The SMILES string of the molecule is CSc1ccc(OCCCCNC(C)(C)C)cc1. The van der Waals surface area contributed by atoms with Gasteiger partial charge in [0.05, 0.1) is 6.61 Å². The van der Waals surface area contributed by atoms with E-state index < -0.39 is 0 Å². The molecule has 0 fully saturated rings. The van der Waals surface area contributed by atoms with Crippen LogP contribution in [0.5, 0.6) is 5.75 Å². The Hall–Kier alpha value is -0.670. The van der Waals surface area contributed by atoms with Gasteiger partial charge in [0, 0.05) is 10.4 Å². The lowest BCUT2D eigenvalue weighted by molar-refractivity contribution is 0.301. The van der Waals surface area contributed by atoms with Gasteiger partial charge in [-0.25, -0.2) is 0 Å². The summed E-state index contributed by atoms with van der Waals surface area (Å²) in [6, 6.07) is 8.28. The molecule has 0 spiro atoms. The summed E-state index contributed by atoms with van der Waals surface area (Å²) in [6.45, 7) is 8.42. The Kier molecular flexibility index (Phi) is 6.58. The minimum absolute atomic E-state index is 0.217. The summed E-state index contributed by atoms with van der Waals surface area (Å²) in [7, 11) is 0. The fraction of sp³-hybridized carbons (Fsp3) is 0.600. The highest BCUT2D eigenvalue weighted by Crippen LogP contribution is 2.19. The van der Waals surface area contributed by atoms with Gasteiger partial charge < -0.3 is 10.1 Å². The monoisotopic (exact) mass is 267 g/mol. The molecule has 0 aliphatic carbocycles. The van der Waals surface area contributed by atoms with Gasteiger partial charge in [0.1, 0.15) is 5.75 Å². The van der Waals surface area contributed by atoms with Crippen LogP contribution < -0.4 is 10.1 Å². The molecule has 1 N–H and O–H groups in total. The summed E-state index contributed by atoms with van der Waals surface area (Å²) in [5.74, 6) is 0.969. The predicted octanol–water partition coefficient (Wildman–Crippen LogP) is 3.96. The third-order valence-corrected chi connectivity index (χ3v) is 3.30. The maximum Gasteiger partial charge on any atom is 0.119 e. The molecule has 0 bridgehead atoms. The maximum atomic E-state index is 5.70. The third kappa shape index (κ3) is 6.92. The largest absolute Gasteiger partial charge is 0.494 e.